The largest absolute Gasteiger partial charge is 0.366 e. The Morgan fingerprint density at radius 1 is 1.73 bits per heavy atom. The van der Waals surface area contributed by atoms with E-state index in [4.69, 9.17) is 5.73 Å². The SMILES string of the molecule is CSc1cnccc1C(N)=O. The Kier molecular flexibility index (Phi) is 2.48. The molecule has 0 saturated carbocycles. The number of amides is 1. The maximum absolute atomic E-state index is 10.8. The van der Waals surface area contributed by atoms with Crippen LogP contribution in [0.25, 0.3) is 0 Å². The Balaban J connectivity index is 3.12. The van der Waals surface area contributed by atoms with E-state index in [9.17, 15) is 4.79 Å². The fraction of sp³-hybridized carbons (Fsp3) is 0.143. The minimum absolute atomic E-state index is 0.406. The molecule has 0 aliphatic heterocycles. The number of rotatable bonds is 2. The topological polar surface area (TPSA) is 56.0 Å². The number of thioether (sulfide) groups is 1. The van der Waals surface area contributed by atoms with Crippen LogP contribution in [0.1, 0.15) is 10.4 Å². The van der Waals surface area contributed by atoms with Crippen molar-refractivity contribution >= 4 is 17.7 Å². The summed E-state index contributed by atoms with van der Waals surface area (Å²) in [6, 6.07) is 1.62. The second kappa shape index (κ2) is 3.39. The number of nitrogens with two attached hydrogens (primary N) is 1. The van der Waals surface area contributed by atoms with Crippen LogP contribution in [0.5, 0.6) is 0 Å². The van der Waals surface area contributed by atoms with Crippen molar-refractivity contribution in [2.75, 3.05) is 6.26 Å². The first kappa shape index (κ1) is 8.07. The summed E-state index contributed by atoms with van der Waals surface area (Å²) in [6.07, 6.45) is 5.06. The Hall–Kier alpha value is -1.03. The third kappa shape index (κ3) is 1.71. The summed E-state index contributed by atoms with van der Waals surface area (Å²) >= 11 is 1.46. The smallest absolute Gasteiger partial charge is 0.249 e. The van der Waals surface area contributed by atoms with Crippen LogP contribution in [0.3, 0.4) is 0 Å². The molecule has 58 valence electrons. The molecule has 0 unspecified atom stereocenters. The molecule has 0 saturated heterocycles. The first-order valence-electron chi connectivity index (χ1n) is 3.03. The van der Waals surface area contributed by atoms with Crippen LogP contribution in [0.4, 0.5) is 0 Å². The van der Waals surface area contributed by atoms with Crippen LogP contribution < -0.4 is 5.73 Å². The highest BCUT2D eigenvalue weighted by Gasteiger charge is 2.04. The molecular weight excluding hydrogens is 160 g/mol. The molecule has 1 amide bonds. The Bertz CT molecular complexity index is 275. The lowest BCUT2D eigenvalue weighted by Gasteiger charge is -1.99. The molecule has 0 aliphatic rings. The lowest BCUT2D eigenvalue weighted by molar-refractivity contribution is 0.0997. The Morgan fingerprint density at radius 2 is 2.45 bits per heavy atom. The van der Waals surface area contributed by atoms with E-state index in [0.717, 1.165) is 4.90 Å². The zero-order chi connectivity index (χ0) is 8.27. The highest BCUT2D eigenvalue weighted by molar-refractivity contribution is 7.98. The summed E-state index contributed by atoms with van der Waals surface area (Å²) < 4.78 is 0. The molecule has 4 heteroatoms. The van der Waals surface area contributed by atoms with Gasteiger partial charge in [0.2, 0.25) is 5.91 Å². The summed E-state index contributed by atoms with van der Waals surface area (Å²) in [5, 5.41) is 0. The van der Waals surface area contributed by atoms with Crippen LogP contribution in [-0.4, -0.2) is 17.1 Å². The van der Waals surface area contributed by atoms with E-state index in [1.165, 1.54) is 11.8 Å². The number of hydrogen-bond donors (Lipinski definition) is 1. The van der Waals surface area contributed by atoms with Crippen LogP contribution in [0.2, 0.25) is 0 Å². The van der Waals surface area contributed by atoms with Gasteiger partial charge in [0, 0.05) is 17.3 Å². The van der Waals surface area contributed by atoms with Gasteiger partial charge in [0.05, 0.1) is 5.56 Å². The quantitative estimate of drug-likeness (QED) is 0.667. The van der Waals surface area contributed by atoms with Crippen molar-refractivity contribution in [2.24, 2.45) is 5.73 Å². The molecule has 0 radical (unpaired) electrons. The minimum Gasteiger partial charge on any atom is -0.366 e. The van der Waals surface area contributed by atoms with Gasteiger partial charge in [-0.25, -0.2) is 0 Å². The number of aromatic nitrogens is 1. The van der Waals surface area contributed by atoms with E-state index >= 15 is 0 Å². The summed E-state index contributed by atoms with van der Waals surface area (Å²) in [5.74, 6) is -0.406. The van der Waals surface area contributed by atoms with Gasteiger partial charge in [-0.15, -0.1) is 11.8 Å². The van der Waals surface area contributed by atoms with Gasteiger partial charge in [-0.05, 0) is 12.3 Å². The van der Waals surface area contributed by atoms with Crippen molar-refractivity contribution in [1.82, 2.24) is 4.98 Å². The van der Waals surface area contributed by atoms with Gasteiger partial charge in [0.15, 0.2) is 0 Å². The minimum atomic E-state index is -0.406. The van der Waals surface area contributed by atoms with Gasteiger partial charge in [0.25, 0.3) is 0 Å². The number of pyridine rings is 1. The summed E-state index contributed by atoms with van der Waals surface area (Å²) in [5.41, 5.74) is 5.64. The van der Waals surface area contributed by atoms with Gasteiger partial charge in [-0.1, -0.05) is 0 Å². The second-order valence-corrected chi connectivity index (χ2v) is 2.79. The molecule has 1 aromatic heterocycles. The number of hydrogen-bond acceptors (Lipinski definition) is 3. The van der Waals surface area contributed by atoms with Gasteiger partial charge in [-0.2, -0.15) is 0 Å². The molecule has 0 aromatic carbocycles. The standard InChI is InChI=1S/C7H8N2OS/c1-11-6-4-9-3-2-5(6)7(8)10/h2-4H,1H3,(H2,8,10). The number of nitrogens with zero attached hydrogens (tertiary/aromatic N) is 1. The van der Waals surface area contributed by atoms with Crippen molar-refractivity contribution < 1.29 is 4.79 Å². The zero-order valence-corrected chi connectivity index (χ0v) is 6.89. The van der Waals surface area contributed by atoms with E-state index in [2.05, 4.69) is 4.98 Å². The van der Waals surface area contributed by atoms with Crippen LogP contribution in [0.15, 0.2) is 23.4 Å². The van der Waals surface area contributed by atoms with E-state index in [0.29, 0.717) is 5.56 Å². The first-order chi connectivity index (χ1) is 5.25. The fourth-order valence-corrected chi connectivity index (χ4v) is 1.30. The van der Waals surface area contributed by atoms with Crippen molar-refractivity contribution in [3.8, 4) is 0 Å². The first-order valence-corrected chi connectivity index (χ1v) is 4.26. The lowest BCUT2D eigenvalue weighted by Crippen LogP contribution is -2.12. The molecular formula is C7H8N2OS. The second-order valence-electron chi connectivity index (χ2n) is 1.94. The average molecular weight is 168 g/mol. The van der Waals surface area contributed by atoms with Crippen LogP contribution >= 0.6 is 11.8 Å². The van der Waals surface area contributed by atoms with E-state index in [-0.39, 0.29) is 0 Å². The van der Waals surface area contributed by atoms with E-state index in [1.54, 1.807) is 18.5 Å². The lowest BCUT2D eigenvalue weighted by atomic mass is 10.2. The molecule has 0 aliphatic carbocycles. The Morgan fingerprint density at radius 3 is 2.91 bits per heavy atom. The third-order valence-corrected chi connectivity index (χ3v) is 2.04. The molecule has 0 atom stereocenters. The molecule has 3 nitrogen and oxygen atoms in total. The number of primary amides is 1. The predicted molar refractivity (Wildman–Crippen MR) is 44.5 cm³/mol. The molecule has 0 spiro atoms. The van der Waals surface area contributed by atoms with Gasteiger partial charge < -0.3 is 5.73 Å². The molecule has 11 heavy (non-hydrogen) atoms. The normalized spacial score (nSPS) is 9.55. The maximum Gasteiger partial charge on any atom is 0.249 e. The molecule has 0 fully saturated rings. The molecule has 0 bridgehead atoms. The van der Waals surface area contributed by atoms with E-state index in [1.807, 2.05) is 6.26 Å². The highest BCUT2D eigenvalue weighted by atomic mass is 32.2. The third-order valence-electron chi connectivity index (χ3n) is 1.27. The number of carbonyl (C=O) groups excluding carboxylic acids is 1. The van der Waals surface area contributed by atoms with Gasteiger partial charge in [-0.3, -0.25) is 9.78 Å². The zero-order valence-electron chi connectivity index (χ0n) is 6.07. The van der Waals surface area contributed by atoms with Crippen LogP contribution in [0, 0.1) is 0 Å². The monoisotopic (exact) mass is 168 g/mol. The van der Waals surface area contributed by atoms with Gasteiger partial charge in [0.1, 0.15) is 0 Å². The van der Waals surface area contributed by atoms with Crippen LogP contribution in [-0.2, 0) is 0 Å². The highest BCUT2D eigenvalue weighted by Crippen LogP contribution is 2.17. The summed E-state index contributed by atoms with van der Waals surface area (Å²) in [4.78, 5) is 15.5. The van der Waals surface area contributed by atoms with Crippen molar-refractivity contribution in [3.05, 3.63) is 24.0 Å². The summed E-state index contributed by atoms with van der Waals surface area (Å²) in [7, 11) is 0. The van der Waals surface area contributed by atoms with Crippen molar-refractivity contribution in [1.29, 1.82) is 0 Å². The van der Waals surface area contributed by atoms with E-state index < -0.39 is 5.91 Å². The van der Waals surface area contributed by atoms with Crippen molar-refractivity contribution in [2.45, 2.75) is 4.90 Å². The molecule has 1 rings (SSSR count). The molecule has 2 N–H and O–H groups in total. The van der Waals surface area contributed by atoms with Crippen molar-refractivity contribution in [3.63, 3.8) is 0 Å². The molecule has 1 heterocycles. The molecule has 1 aromatic rings. The summed E-state index contributed by atoms with van der Waals surface area (Å²) in [6.45, 7) is 0. The maximum atomic E-state index is 10.8. The Labute approximate surface area is 69.0 Å². The van der Waals surface area contributed by atoms with Gasteiger partial charge >= 0.3 is 0 Å². The fourth-order valence-electron chi connectivity index (χ4n) is 0.746. The predicted octanol–water partition coefficient (Wildman–Crippen LogP) is 0.902. The number of carbonyl (C=O) groups is 1. The average Bonchev–Trinajstić information content (AvgIpc) is 2.04.